The highest BCUT2D eigenvalue weighted by atomic mass is 28.4. The fourth-order valence-electron chi connectivity index (χ4n) is 4.01. The number of alkyl halides is 6. The first-order valence-corrected chi connectivity index (χ1v) is 16.3. The van der Waals surface area contributed by atoms with Crippen LogP contribution in [0, 0.1) is 0 Å². The molecule has 43 heavy (non-hydrogen) atoms. The summed E-state index contributed by atoms with van der Waals surface area (Å²) < 4.78 is 86.8. The molecular weight excluding hydrogens is 588 g/mol. The van der Waals surface area contributed by atoms with Crippen LogP contribution in [0.15, 0.2) is 82.8 Å². The number of anilines is 1. The van der Waals surface area contributed by atoms with Crippen molar-refractivity contribution in [2.75, 3.05) is 19.0 Å². The summed E-state index contributed by atoms with van der Waals surface area (Å²) in [4.78, 5) is 17.6. The van der Waals surface area contributed by atoms with Crippen molar-refractivity contribution < 1.29 is 35.8 Å². The van der Waals surface area contributed by atoms with Gasteiger partial charge < -0.3 is 4.90 Å². The van der Waals surface area contributed by atoms with Crippen LogP contribution in [0.4, 0.5) is 32.0 Å². The first kappa shape index (κ1) is 32.4. The van der Waals surface area contributed by atoms with Crippen LogP contribution in [0.2, 0.25) is 18.1 Å². The second-order valence-electron chi connectivity index (χ2n) is 12.1. The molecule has 1 aliphatic rings. The van der Waals surface area contributed by atoms with Crippen molar-refractivity contribution in [2.45, 2.75) is 57.0 Å². The third-order valence-corrected chi connectivity index (χ3v) is 11.8. The quantitative estimate of drug-likeness (QED) is 0.115. The minimum absolute atomic E-state index is 0.0754. The molecular formula is C31H33F6N3O2Si. The molecule has 1 unspecified atom stereocenters. The van der Waals surface area contributed by atoms with E-state index in [1.54, 1.807) is 12.1 Å². The predicted octanol–water partition coefficient (Wildman–Crippen LogP) is 8.85. The molecule has 0 saturated heterocycles. The Bertz CT molecular complexity index is 1510. The van der Waals surface area contributed by atoms with E-state index >= 15 is 0 Å². The molecule has 0 saturated carbocycles. The Hall–Kier alpha value is -3.48. The third-order valence-electron chi connectivity index (χ3n) is 7.71. The lowest BCUT2D eigenvalue weighted by molar-refractivity contribution is -0.282. The van der Waals surface area contributed by atoms with Crippen molar-refractivity contribution in [3.8, 4) is 0 Å². The largest absolute Gasteiger partial charge is 0.416 e. The third kappa shape index (κ3) is 6.71. The van der Waals surface area contributed by atoms with E-state index in [1.807, 2.05) is 65.0 Å². The van der Waals surface area contributed by atoms with Gasteiger partial charge in [0.25, 0.3) is 5.72 Å². The molecule has 0 bridgehead atoms. The monoisotopic (exact) mass is 621 g/mol. The number of nitrogens with zero attached hydrogens (tertiary/aromatic N) is 3. The van der Waals surface area contributed by atoms with Gasteiger partial charge in [0.2, 0.25) is 8.32 Å². The lowest BCUT2D eigenvalue weighted by Gasteiger charge is -2.38. The molecule has 1 aliphatic heterocycles. The van der Waals surface area contributed by atoms with Gasteiger partial charge in [0.15, 0.2) is 5.84 Å². The molecule has 0 aromatic heterocycles. The van der Waals surface area contributed by atoms with Crippen LogP contribution >= 0.6 is 0 Å². The Morgan fingerprint density at radius 3 is 1.60 bits per heavy atom. The average Bonchev–Trinajstić information content (AvgIpc) is 3.31. The molecule has 4 rings (SSSR count). The molecule has 1 heterocycles. The Morgan fingerprint density at radius 2 is 1.16 bits per heavy atom. The van der Waals surface area contributed by atoms with Gasteiger partial charge in [0.05, 0.1) is 11.1 Å². The summed E-state index contributed by atoms with van der Waals surface area (Å²) in [6.45, 7) is 9.78. The lowest BCUT2D eigenvalue weighted by Crippen LogP contribution is -2.45. The first-order valence-electron chi connectivity index (χ1n) is 13.4. The van der Waals surface area contributed by atoms with E-state index in [4.69, 9.17) is 19.4 Å². The SMILES string of the molecule is CN(C)c1ccc(C2=NC(OO[Si](C)(C)C(C)(C)C)(c3ccc(C(F)(F)F)cc3)C(c3ccc(C(F)(F)F)cc3)=N2)cc1. The first-order chi connectivity index (χ1) is 19.7. The Morgan fingerprint density at radius 1 is 0.698 bits per heavy atom. The predicted molar refractivity (Wildman–Crippen MR) is 158 cm³/mol. The van der Waals surface area contributed by atoms with Gasteiger partial charge in [-0.3, -0.25) is 4.58 Å². The number of hydrogen-bond acceptors (Lipinski definition) is 5. The molecule has 1 atom stereocenters. The Balaban J connectivity index is 1.94. The van der Waals surface area contributed by atoms with Gasteiger partial charge in [0, 0.05) is 36.5 Å². The number of hydrogen-bond donors (Lipinski definition) is 0. The van der Waals surface area contributed by atoms with Gasteiger partial charge >= 0.3 is 12.4 Å². The second-order valence-corrected chi connectivity index (χ2v) is 16.7. The van der Waals surface area contributed by atoms with Crippen molar-refractivity contribution in [1.82, 2.24) is 0 Å². The van der Waals surface area contributed by atoms with E-state index in [1.165, 1.54) is 24.3 Å². The molecule has 0 N–H and O–H groups in total. The number of rotatable bonds is 7. The molecule has 12 heteroatoms. The highest BCUT2D eigenvalue weighted by Gasteiger charge is 2.49. The standard InChI is InChI=1S/C31H33F6N3O2Si/c1-28(2,3)43(6,7)42-41-29(22-14-16-24(17-15-22)31(35,36)37)26(20-8-12-23(13-9-20)30(32,33)34)38-27(39-29)21-10-18-25(19-11-21)40(4)5/h8-19H,1-7H3. The van der Waals surface area contributed by atoms with Crippen LogP contribution in [0.5, 0.6) is 0 Å². The van der Waals surface area contributed by atoms with Crippen LogP contribution in [0.3, 0.4) is 0 Å². The van der Waals surface area contributed by atoms with Crippen molar-refractivity contribution in [2.24, 2.45) is 9.98 Å². The summed E-state index contributed by atoms with van der Waals surface area (Å²) in [5, 5.41) is -0.326. The van der Waals surface area contributed by atoms with E-state index in [9.17, 15) is 26.3 Å². The maximum atomic E-state index is 13.5. The van der Waals surface area contributed by atoms with Gasteiger partial charge in [-0.05, 0) is 66.7 Å². The Labute approximate surface area is 247 Å². The fraction of sp³-hybridized carbons (Fsp3) is 0.355. The van der Waals surface area contributed by atoms with Crippen LogP contribution in [-0.4, -0.2) is 34.0 Å². The molecule has 230 valence electrons. The smallest absolute Gasteiger partial charge is 0.378 e. The van der Waals surface area contributed by atoms with Crippen molar-refractivity contribution in [1.29, 1.82) is 0 Å². The highest BCUT2D eigenvalue weighted by Crippen LogP contribution is 2.43. The molecule has 3 aromatic carbocycles. The minimum Gasteiger partial charge on any atom is -0.378 e. The molecule has 0 radical (unpaired) electrons. The van der Waals surface area contributed by atoms with Crippen LogP contribution < -0.4 is 4.90 Å². The van der Waals surface area contributed by atoms with Crippen LogP contribution in [0.25, 0.3) is 0 Å². The van der Waals surface area contributed by atoms with E-state index in [0.717, 1.165) is 30.0 Å². The summed E-state index contributed by atoms with van der Waals surface area (Å²) in [5.74, 6) is 0.180. The molecule has 0 spiro atoms. The van der Waals surface area contributed by atoms with E-state index in [-0.39, 0.29) is 27.7 Å². The van der Waals surface area contributed by atoms with Gasteiger partial charge in [-0.1, -0.05) is 45.0 Å². The number of benzene rings is 3. The Kier molecular flexibility index (Phi) is 8.46. The minimum atomic E-state index is -4.59. The average molecular weight is 622 g/mol. The summed E-state index contributed by atoms with van der Waals surface area (Å²) in [7, 11) is 1.10. The van der Waals surface area contributed by atoms with Crippen LogP contribution in [0.1, 0.15) is 48.6 Å². The lowest BCUT2D eigenvalue weighted by atomic mass is 9.92. The maximum absolute atomic E-state index is 13.5. The molecule has 0 fully saturated rings. The molecule has 0 aliphatic carbocycles. The number of aliphatic imine (C=N–C) groups is 2. The van der Waals surface area contributed by atoms with Gasteiger partial charge in [-0.25, -0.2) is 14.9 Å². The van der Waals surface area contributed by atoms with Gasteiger partial charge in [-0.2, -0.15) is 26.3 Å². The van der Waals surface area contributed by atoms with Crippen molar-refractivity contribution in [3.63, 3.8) is 0 Å². The molecule has 5 nitrogen and oxygen atoms in total. The van der Waals surface area contributed by atoms with E-state index in [0.29, 0.717) is 5.56 Å². The molecule has 0 amide bonds. The number of amidine groups is 1. The summed E-state index contributed by atoms with van der Waals surface area (Å²) in [5.41, 5.74) is -1.73. The zero-order valence-corrected chi connectivity index (χ0v) is 25.9. The second kappa shape index (κ2) is 11.2. The summed E-state index contributed by atoms with van der Waals surface area (Å²) in [6, 6.07) is 15.8. The van der Waals surface area contributed by atoms with E-state index < -0.39 is 37.5 Å². The van der Waals surface area contributed by atoms with Gasteiger partial charge in [0.1, 0.15) is 5.71 Å². The van der Waals surface area contributed by atoms with Crippen molar-refractivity contribution in [3.05, 3.63) is 101 Å². The van der Waals surface area contributed by atoms with Crippen molar-refractivity contribution >= 4 is 25.6 Å². The summed E-state index contributed by atoms with van der Waals surface area (Å²) in [6.07, 6.45) is -9.16. The van der Waals surface area contributed by atoms with E-state index in [2.05, 4.69) is 0 Å². The summed E-state index contributed by atoms with van der Waals surface area (Å²) >= 11 is 0. The normalized spacial score (nSPS) is 18.0. The molecule has 3 aromatic rings. The maximum Gasteiger partial charge on any atom is 0.416 e. The fourth-order valence-corrected chi connectivity index (χ4v) is 4.58. The number of halogens is 6. The zero-order valence-electron chi connectivity index (χ0n) is 24.9. The zero-order chi connectivity index (χ0) is 32.0. The topological polar surface area (TPSA) is 46.4 Å². The highest BCUT2D eigenvalue weighted by molar-refractivity contribution is 6.73. The van der Waals surface area contributed by atoms with Gasteiger partial charge in [-0.15, -0.1) is 0 Å². The van der Waals surface area contributed by atoms with Crippen LogP contribution in [-0.2, 0) is 27.5 Å².